The normalized spacial score (nSPS) is 11.5. The second-order valence-corrected chi connectivity index (χ2v) is 6.49. The van der Waals surface area contributed by atoms with Crippen molar-refractivity contribution in [2.24, 2.45) is 5.92 Å². The lowest BCUT2D eigenvalue weighted by Gasteiger charge is -2.11. The molecular formula is C23H28O4. The van der Waals surface area contributed by atoms with Gasteiger partial charge in [0.05, 0.1) is 18.8 Å². The van der Waals surface area contributed by atoms with E-state index in [-0.39, 0.29) is 0 Å². The minimum absolute atomic E-state index is 0.401. The molecule has 1 unspecified atom stereocenters. The van der Waals surface area contributed by atoms with Gasteiger partial charge in [-0.1, -0.05) is 26.3 Å². The lowest BCUT2D eigenvalue weighted by Crippen LogP contribution is -2.09. The van der Waals surface area contributed by atoms with Crippen molar-refractivity contribution in [3.63, 3.8) is 0 Å². The predicted octanol–water partition coefficient (Wildman–Crippen LogP) is 5.68. The first-order valence-corrected chi connectivity index (χ1v) is 9.41. The van der Waals surface area contributed by atoms with E-state index in [1.165, 1.54) is 0 Å². The van der Waals surface area contributed by atoms with Crippen molar-refractivity contribution in [3.05, 3.63) is 66.7 Å². The van der Waals surface area contributed by atoms with E-state index in [1.807, 2.05) is 18.2 Å². The highest BCUT2D eigenvalue weighted by atomic mass is 16.5. The Bertz CT molecular complexity index is 704. The number of ether oxygens (including phenoxy) is 3. The molecule has 2 aromatic carbocycles. The third kappa shape index (κ3) is 7.18. The van der Waals surface area contributed by atoms with Crippen LogP contribution in [-0.2, 0) is 0 Å². The van der Waals surface area contributed by atoms with Crippen molar-refractivity contribution >= 4 is 5.97 Å². The molecular weight excluding hydrogens is 340 g/mol. The van der Waals surface area contributed by atoms with Crippen LogP contribution in [0, 0.1) is 5.92 Å². The summed E-state index contributed by atoms with van der Waals surface area (Å²) in [6, 6.07) is 14.1. The number of benzene rings is 2. The second kappa shape index (κ2) is 11.1. The van der Waals surface area contributed by atoms with Crippen LogP contribution >= 0.6 is 0 Å². The maximum Gasteiger partial charge on any atom is 0.343 e. The highest BCUT2D eigenvalue weighted by molar-refractivity contribution is 5.91. The number of rotatable bonds is 11. The summed E-state index contributed by atoms with van der Waals surface area (Å²) in [7, 11) is 0. The monoisotopic (exact) mass is 368 g/mol. The summed E-state index contributed by atoms with van der Waals surface area (Å²) in [5.74, 6) is 2.10. The first-order valence-electron chi connectivity index (χ1n) is 9.41. The SMILES string of the molecule is C=CCCCOc1ccc(C(=O)Oc2ccc(OCC(C)CC)cc2)cc1. The number of esters is 1. The summed E-state index contributed by atoms with van der Waals surface area (Å²) in [6.45, 7) is 9.27. The molecule has 0 fully saturated rings. The van der Waals surface area contributed by atoms with Crippen LogP contribution in [0.4, 0.5) is 0 Å². The van der Waals surface area contributed by atoms with Crippen molar-refractivity contribution in [1.29, 1.82) is 0 Å². The summed E-state index contributed by atoms with van der Waals surface area (Å²) in [4.78, 5) is 12.3. The van der Waals surface area contributed by atoms with Gasteiger partial charge in [-0.15, -0.1) is 6.58 Å². The number of hydrogen-bond acceptors (Lipinski definition) is 4. The molecule has 2 rings (SSSR count). The third-order valence-electron chi connectivity index (χ3n) is 4.18. The van der Waals surface area contributed by atoms with E-state index in [0.29, 0.717) is 30.4 Å². The summed E-state index contributed by atoms with van der Waals surface area (Å²) in [5.41, 5.74) is 0.477. The first kappa shape index (κ1) is 20.6. The zero-order chi connectivity index (χ0) is 19.5. The van der Waals surface area contributed by atoms with Crippen LogP contribution < -0.4 is 14.2 Å². The quantitative estimate of drug-likeness (QED) is 0.222. The molecule has 4 heteroatoms. The Labute approximate surface area is 161 Å². The zero-order valence-corrected chi connectivity index (χ0v) is 16.1. The van der Waals surface area contributed by atoms with Crippen molar-refractivity contribution in [2.45, 2.75) is 33.1 Å². The Hall–Kier alpha value is -2.75. The van der Waals surface area contributed by atoms with Crippen LogP contribution in [0.5, 0.6) is 17.2 Å². The van der Waals surface area contributed by atoms with Gasteiger partial charge in [0.1, 0.15) is 17.2 Å². The molecule has 0 N–H and O–H groups in total. The summed E-state index contributed by atoms with van der Waals surface area (Å²) >= 11 is 0. The van der Waals surface area contributed by atoms with Crippen molar-refractivity contribution in [1.82, 2.24) is 0 Å². The van der Waals surface area contributed by atoms with Gasteiger partial charge in [-0.3, -0.25) is 0 Å². The maximum atomic E-state index is 12.3. The number of carbonyl (C=O) groups is 1. The van der Waals surface area contributed by atoms with Gasteiger partial charge in [-0.2, -0.15) is 0 Å². The number of carbonyl (C=O) groups excluding carboxylic acids is 1. The molecule has 0 amide bonds. The predicted molar refractivity (Wildman–Crippen MR) is 108 cm³/mol. The molecule has 0 aromatic heterocycles. The maximum absolute atomic E-state index is 12.3. The Morgan fingerprint density at radius 1 is 1.00 bits per heavy atom. The van der Waals surface area contributed by atoms with Crippen LogP contribution in [0.25, 0.3) is 0 Å². The highest BCUT2D eigenvalue weighted by Gasteiger charge is 2.09. The van der Waals surface area contributed by atoms with E-state index in [4.69, 9.17) is 14.2 Å². The Kier molecular flexibility index (Phi) is 8.43. The van der Waals surface area contributed by atoms with Crippen LogP contribution in [0.1, 0.15) is 43.5 Å². The van der Waals surface area contributed by atoms with Gasteiger partial charge in [0.15, 0.2) is 0 Å². The molecule has 0 aliphatic heterocycles. The second-order valence-electron chi connectivity index (χ2n) is 6.49. The topological polar surface area (TPSA) is 44.8 Å². The molecule has 0 saturated heterocycles. The molecule has 0 saturated carbocycles. The van der Waals surface area contributed by atoms with Gasteiger partial charge < -0.3 is 14.2 Å². The fourth-order valence-electron chi connectivity index (χ4n) is 2.23. The van der Waals surface area contributed by atoms with Gasteiger partial charge >= 0.3 is 5.97 Å². The van der Waals surface area contributed by atoms with E-state index in [1.54, 1.807) is 36.4 Å². The molecule has 0 aliphatic rings. The number of unbranched alkanes of at least 4 members (excludes halogenated alkanes) is 1. The number of allylic oxidation sites excluding steroid dienone is 1. The Balaban J connectivity index is 1.84. The van der Waals surface area contributed by atoms with Gasteiger partial charge in [0.2, 0.25) is 0 Å². The van der Waals surface area contributed by atoms with Crippen LogP contribution in [0.15, 0.2) is 61.2 Å². The summed E-state index contributed by atoms with van der Waals surface area (Å²) < 4.78 is 16.7. The minimum Gasteiger partial charge on any atom is -0.494 e. The van der Waals surface area contributed by atoms with Crippen molar-refractivity contribution < 1.29 is 19.0 Å². The minimum atomic E-state index is -0.401. The molecule has 4 nitrogen and oxygen atoms in total. The Morgan fingerprint density at radius 2 is 1.59 bits per heavy atom. The lowest BCUT2D eigenvalue weighted by atomic mass is 10.1. The average molecular weight is 368 g/mol. The molecule has 0 radical (unpaired) electrons. The molecule has 0 aliphatic carbocycles. The van der Waals surface area contributed by atoms with E-state index >= 15 is 0 Å². The summed E-state index contributed by atoms with van der Waals surface area (Å²) in [5, 5.41) is 0. The van der Waals surface area contributed by atoms with Gasteiger partial charge in [0.25, 0.3) is 0 Å². The first-order chi connectivity index (χ1) is 13.1. The van der Waals surface area contributed by atoms with Gasteiger partial charge in [-0.25, -0.2) is 4.79 Å². The van der Waals surface area contributed by atoms with Crippen molar-refractivity contribution in [3.8, 4) is 17.2 Å². The molecule has 0 spiro atoms. The van der Waals surface area contributed by atoms with Gasteiger partial charge in [-0.05, 0) is 67.3 Å². The molecule has 2 aromatic rings. The van der Waals surface area contributed by atoms with E-state index in [0.717, 1.165) is 30.8 Å². The smallest absolute Gasteiger partial charge is 0.343 e. The molecule has 0 heterocycles. The Morgan fingerprint density at radius 3 is 2.22 bits per heavy atom. The lowest BCUT2D eigenvalue weighted by molar-refractivity contribution is 0.0734. The van der Waals surface area contributed by atoms with Crippen LogP contribution in [-0.4, -0.2) is 19.2 Å². The van der Waals surface area contributed by atoms with E-state index in [9.17, 15) is 4.79 Å². The standard InChI is InChI=1S/C23H28O4/c1-4-6-7-16-25-20-10-8-19(9-11-20)23(24)27-22-14-12-21(13-15-22)26-17-18(3)5-2/h4,8-15,18H,1,5-7,16-17H2,2-3H3. The van der Waals surface area contributed by atoms with Crippen LogP contribution in [0.2, 0.25) is 0 Å². The molecule has 27 heavy (non-hydrogen) atoms. The molecule has 144 valence electrons. The fraction of sp³-hybridized carbons (Fsp3) is 0.348. The summed E-state index contributed by atoms with van der Waals surface area (Å²) in [6.07, 6.45) is 4.79. The fourth-order valence-corrected chi connectivity index (χ4v) is 2.23. The molecule has 1 atom stereocenters. The van der Waals surface area contributed by atoms with E-state index in [2.05, 4.69) is 20.4 Å². The largest absolute Gasteiger partial charge is 0.494 e. The zero-order valence-electron chi connectivity index (χ0n) is 16.1. The highest BCUT2D eigenvalue weighted by Crippen LogP contribution is 2.20. The molecule has 0 bridgehead atoms. The average Bonchev–Trinajstić information content (AvgIpc) is 2.71. The van der Waals surface area contributed by atoms with Gasteiger partial charge in [0, 0.05) is 0 Å². The van der Waals surface area contributed by atoms with Crippen LogP contribution in [0.3, 0.4) is 0 Å². The van der Waals surface area contributed by atoms with E-state index < -0.39 is 5.97 Å². The third-order valence-corrected chi connectivity index (χ3v) is 4.18. The van der Waals surface area contributed by atoms with Crippen molar-refractivity contribution in [2.75, 3.05) is 13.2 Å². The number of hydrogen-bond donors (Lipinski definition) is 0.